The molecule has 2 aromatic rings. The number of nitrogens with zero attached hydrogens (tertiary/aromatic N) is 4. The van der Waals surface area contributed by atoms with Crippen LogP contribution >= 0.6 is 0 Å². The lowest BCUT2D eigenvalue weighted by Crippen LogP contribution is -2.30. The van der Waals surface area contributed by atoms with Gasteiger partial charge in [0.15, 0.2) is 5.82 Å². The van der Waals surface area contributed by atoms with E-state index in [-0.39, 0.29) is 5.56 Å². The Labute approximate surface area is 194 Å². The van der Waals surface area contributed by atoms with Gasteiger partial charge in [0.25, 0.3) is 6.43 Å². The van der Waals surface area contributed by atoms with Crippen LogP contribution in [0.15, 0.2) is 12.1 Å². The summed E-state index contributed by atoms with van der Waals surface area (Å²) < 4.78 is 35.1. The molecule has 1 aromatic heterocycles. The Balaban J connectivity index is 0.000000821. The van der Waals surface area contributed by atoms with Crippen molar-refractivity contribution in [2.75, 3.05) is 38.3 Å². The first-order valence-electron chi connectivity index (χ1n) is 11.9. The fraction of sp³-hybridized carbons (Fsp3) is 0.600. The maximum atomic E-state index is 13.6. The minimum absolute atomic E-state index is 0.135. The van der Waals surface area contributed by atoms with Gasteiger partial charge in [-0.2, -0.15) is 5.10 Å². The van der Waals surface area contributed by atoms with Crippen LogP contribution in [0.4, 0.5) is 20.3 Å². The third-order valence-electron chi connectivity index (χ3n) is 6.87. The molecule has 6 nitrogen and oxygen atoms in total. The molecule has 5 rings (SSSR count). The molecule has 8 heteroatoms. The van der Waals surface area contributed by atoms with E-state index in [0.29, 0.717) is 11.6 Å². The maximum absolute atomic E-state index is 13.6. The van der Waals surface area contributed by atoms with Gasteiger partial charge in [-0.1, -0.05) is 6.07 Å². The van der Waals surface area contributed by atoms with Crippen molar-refractivity contribution in [3.63, 3.8) is 0 Å². The number of aryl methyl sites for hydroxylation is 2. The van der Waals surface area contributed by atoms with E-state index in [1.807, 2.05) is 6.07 Å². The zero-order valence-electron chi connectivity index (χ0n) is 19.8. The molecule has 0 bridgehead atoms. The van der Waals surface area contributed by atoms with Crippen molar-refractivity contribution >= 4 is 17.8 Å². The number of benzene rings is 1. The van der Waals surface area contributed by atoms with Gasteiger partial charge in [-0.05, 0) is 63.8 Å². The first-order chi connectivity index (χ1) is 15.9. The summed E-state index contributed by atoms with van der Waals surface area (Å²) in [5.41, 5.74) is 5.47. The van der Waals surface area contributed by atoms with E-state index in [2.05, 4.69) is 21.5 Å². The first-order valence-corrected chi connectivity index (χ1v) is 11.9. The fourth-order valence-electron chi connectivity index (χ4n) is 5.24. The molecule has 0 spiro atoms. The van der Waals surface area contributed by atoms with Gasteiger partial charge in [0.2, 0.25) is 0 Å². The molecule has 0 saturated carbocycles. The number of likely N-dealkylation sites (N-methyl/N-ethyl adjacent to an activating group) is 1. The number of halogens is 2. The molecule has 180 valence electrons. The van der Waals surface area contributed by atoms with E-state index in [4.69, 9.17) is 14.6 Å². The predicted octanol–water partition coefficient (Wildman–Crippen LogP) is 4.76. The van der Waals surface area contributed by atoms with E-state index < -0.39 is 6.43 Å². The number of rotatable bonds is 3. The Morgan fingerprint density at radius 2 is 1.91 bits per heavy atom. The number of aldehydes is 1. The summed E-state index contributed by atoms with van der Waals surface area (Å²) in [5, 5.41) is 5.14. The zero-order valence-corrected chi connectivity index (χ0v) is 19.8. The number of carbonyl (C=O) groups is 1. The molecule has 3 aliphatic rings. The molecule has 0 atom stereocenters. The molecule has 1 aromatic carbocycles. The number of ether oxygens (including phenoxy) is 1. The highest BCUT2D eigenvalue weighted by atomic mass is 19.3. The van der Waals surface area contributed by atoms with Crippen molar-refractivity contribution in [2.45, 2.75) is 65.0 Å². The smallest absolute Gasteiger partial charge is 0.264 e. The van der Waals surface area contributed by atoms with Crippen LogP contribution in [0.25, 0.3) is 0 Å². The highest BCUT2D eigenvalue weighted by molar-refractivity contribution is 5.70. The van der Waals surface area contributed by atoms with Gasteiger partial charge < -0.3 is 19.3 Å². The lowest BCUT2D eigenvalue weighted by molar-refractivity contribution is -0.106. The van der Waals surface area contributed by atoms with Crippen molar-refractivity contribution in [2.24, 2.45) is 0 Å². The van der Waals surface area contributed by atoms with Gasteiger partial charge in [-0.3, -0.25) is 4.68 Å². The monoisotopic (exact) mass is 460 g/mol. The molecule has 4 heterocycles. The number of aromatic nitrogens is 2. The maximum Gasteiger partial charge on any atom is 0.264 e. The Morgan fingerprint density at radius 3 is 2.61 bits per heavy atom. The Hall–Kier alpha value is -2.32. The second-order valence-electron chi connectivity index (χ2n) is 9.15. The summed E-state index contributed by atoms with van der Waals surface area (Å²) >= 11 is 0. The van der Waals surface area contributed by atoms with E-state index >= 15 is 0 Å². The Bertz CT molecular complexity index is 985. The molecule has 0 unspecified atom stereocenters. The summed E-state index contributed by atoms with van der Waals surface area (Å²) in [6.45, 7) is 7.48. The van der Waals surface area contributed by atoms with Crippen molar-refractivity contribution in [1.29, 1.82) is 0 Å². The van der Waals surface area contributed by atoms with Crippen molar-refractivity contribution in [1.82, 2.24) is 14.7 Å². The van der Waals surface area contributed by atoms with Crippen molar-refractivity contribution < 1.29 is 18.3 Å². The molecule has 0 N–H and O–H groups in total. The number of fused-ring (bicyclic) bond motifs is 2. The summed E-state index contributed by atoms with van der Waals surface area (Å²) in [6.07, 6.45) is 3.17. The summed E-state index contributed by atoms with van der Waals surface area (Å²) in [7, 11) is 2.14. The summed E-state index contributed by atoms with van der Waals surface area (Å²) in [6, 6.07) is 4.03. The zero-order chi connectivity index (χ0) is 23.5. The topological polar surface area (TPSA) is 50.6 Å². The third kappa shape index (κ3) is 4.82. The lowest BCUT2D eigenvalue weighted by atomic mass is 9.95. The van der Waals surface area contributed by atoms with Gasteiger partial charge in [-0.25, -0.2) is 8.78 Å². The predicted molar refractivity (Wildman–Crippen MR) is 125 cm³/mol. The van der Waals surface area contributed by atoms with Gasteiger partial charge in [0, 0.05) is 61.8 Å². The van der Waals surface area contributed by atoms with E-state index in [9.17, 15) is 8.78 Å². The molecular formula is C25H34F2N4O2. The average molecular weight is 461 g/mol. The van der Waals surface area contributed by atoms with Crippen LogP contribution in [-0.2, 0) is 28.9 Å². The minimum Gasteiger partial charge on any atom is -0.381 e. The SMILES string of the molecule is CC=O.Cc1cc2c(cc1C(F)F)N(c1nn(C3CCOCC3)c3c1CN(C)CC3)CCC2. The van der Waals surface area contributed by atoms with Crippen LogP contribution in [0.1, 0.15) is 66.6 Å². The number of hydrogen-bond acceptors (Lipinski definition) is 5. The van der Waals surface area contributed by atoms with Crippen LogP contribution < -0.4 is 4.90 Å². The summed E-state index contributed by atoms with van der Waals surface area (Å²) in [4.78, 5) is 13.3. The molecule has 1 saturated heterocycles. The Kier molecular flexibility index (Phi) is 7.44. The van der Waals surface area contributed by atoms with E-state index in [0.717, 1.165) is 88.3 Å². The molecule has 1 fully saturated rings. The standard InChI is InChI=1S/C23H30F2N4O.C2H4O/c1-15-12-16-4-3-8-28(21(16)13-18(15)22(24)25)23-19-14-27(2)9-5-20(19)29(26-23)17-6-10-30-11-7-17;1-2-3/h12-13,17,22H,3-11,14H2,1-2H3;2H,1H3. The second kappa shape index (κ2) is 10.3. The number of carbonyl (C=O) groups excluding carboxylic acids is 1. The van der Waals surface area contributed by atoms with Crippen molar-refractivity contribution in [3.8, 4) is 0 Å². The first kappa shape index (κ1) is 23.8. The molecule has 3 aliphatic heterocycles. The highest BCUT2D eigenvalue weighted by Gasteiger charge is 2.32. The van der Waals surface area contributed by atoms with Gasteiger partial charge >= 0.3 is 0 Å². The molecular weight excluding hydrogens is 426 g/mol. The van der Waals surface area contributed by atoms with Crippen LogP contribution in [0.2, 0.25) is 0 Å². The lowest BCUT2D eigenvalue weighted by Gasteiger charge is -2.32. The van der Waals surface area contributed by atoms with Gasteiger partial charge in [0.1, 0.15) is 6.29 Å². The number of alkyl halides is 2. The number of anilines is 2. The Morgan fingerprint density at radius 1 is 1.18 bits per heavy atom. The van der Waals surface area contributed by atoms with Crippen LogP contribution in [0.3, 0.4) is 0 Å². The highest BCUT2D eigenvalue weighted by Crippen LogP contribution is 2.41. The van der Waals surface area contributed by atoms with Crippen LogP contribution in [0.5, 0.6) is 0 Å². The normalized spacial score (nSPS) is 19.0. The van der Waals surface area contributed by atoms with Gasteiger partial charge in [-0.15, -0.1) is 0 Å². The molecule has 0 amide bonds. The van der Waals surface area contributed by atoms with E-state index in [1.165, 1.54) is 18.2 Å². The molecule has 0 radical (unpaired) electrons. The van der Waals surface area contributed by atoms with Crippen LogP contribution in [-0.4, -0.2) is 54.3 Å². The molecule has 0 aliphatic carbocycles. The number of hydrogen-bond donors (Lipinski definition) is 0. The second-order valence-corrected chi connectivity index (χ2v) is 9.15. The third-order valence-corrected chi connectivity index (χ3v) is 6.87. The average Bonchev–Trinajstić information content (AvgIpc) is 3.17. The minimum atomic E-state index is -2.46. The molecule has 33 heavy (non-hydrogen) atoms. The van der Waals surface area contributed by atoms with Crippen LogP contribution in [0, 0.1) is 6.92 Å². The van der Waals surface area contributed by atoms with E-state index in [1.54, 1.807) is 13.0 Å². The quantitative estimate of drug-likeness (QED) is 0.619. The summed E-state index contributed by atoms with van der Waals surface area (Å²) in [5.74, 6) is 0.966. The van der Waals surface area contributed by atoms with Crippen molar-refractivity contribution in [3.05, 3.63) is 40.1 Å². The van der Waals surface area contributed by atoms with Gasteiger partial charge in [0.05, 0.1) is 6.04 Å². The fourth-order valence-corrected chi connectivity index (χ4v) is 5.24. The largest absolute Gasteiger partial charge is 0.381 e.